The zero-order chi connectivity index (χ0) is 11.4. The van der Waals surface area contributed by atoms with Gasteiger partial charge in [-0.05, 0) is 19.3 Å². The van der Waals surface area contributed by atoms with Gasteiger partial charge in [0.2, 0.25) is 5.91 Å². The minimum atomic E-state index is -0.197. The summed E-state index contributed by atoms with van der Waals surface area (Å²) in [6.07, 6.45) is 1.01. The maximum Gasteiger partial charge on any atom is 0.235 e. The molecule has 5 nitrogen and oxygen atoms in total. The van der Waals surface area contributed by atoms with Crippen LogP contribution < -0.4 is 11.3 Å². The van der Waals surface area contributed by atoms with E-state index in [0.717, 1.165) is 19.5 Å². The first-order valence-corrected chi connectivity index (χ1v) is 5.46. The second-order valence-electron chi connectivity index (χ2n) is 4.45. The number of hydrazine groups is 1. The number of hydrogen-bond donors (Lipinski definition) is 3. The first-order chi connectivity index (χ1) is 7.04. The SMILES string of the molecule is CC1CN(C(C)CC(=O)NN)CCC1O. The van der Waals surface area contributed by atoms with E-state index >= 15 is 0 Å². The van der Waals surface area contributed by atoms with Gasteiger partial charge in [-0.1, -0.05) is 6.92 Å². The van der Waals surface area contributed by atoms with Crippen molar-refractivity contribution in [2.45, 2.75) is 38.8 Å². The molecule has 1 fully saturated rings. The van der Waals surface area contributed by atoms with Gasteiger partial charge < -0.3 is 5.11 Å². The van der Waals surface area contributed by atoms with Crippen LogP contribution in [0.25, 0.3) is 0 Å². The maximum absolute atomic E-state index is 11.1. The molecular weight excluding hydrogens is 194 g/mol. The average Bonchev–Trinajstić information content (AvgIpc) is 2.21. The number of piperidine rings is 1. The van der Waals surface area contributed by atoms with Crippen LogP contribution in [0.4, 0.5) is 0 Å². The Morgan fingerprint density at radius 2 is 2.40 bits per heavy atom. The van der Waals surface area contributed by atoms with Crippen molar-refractivity contribution in [3.8, 4) is 0 Å². The molecule has 4 N–H and O–H groups in total. The van der Waals surface area contributed by atoms with Gasteiger partial charge in [-0.15, -0.1) is 0 Å². The molecule has 0 radical (unpaired) electrons. The number of carbonyl (C=O) groups is 1. The Bertz CT molecular complexity index is 223. The van der Waals surface area contributed by atoms with E-state index in [1.54, 1.807) is 0 Å². The Balaban J connectivity index is 2.40. The summed E-state index contributed by atoms with van der Waals surface area (Å²) in [6.45, 7) is 5.75. The summed E-state index contributed by atoms with van der Waals surface area (Å²) in [4.78, 5) is 13.3. The van der Waals surface area contributed by atoms with Gasteiger partial charge in [-0.2, -0.15) is 0 Å². The van der Waals surface area contributed by atoms with Crippen molar-refractivity contribution in [1.29, 1.82) is 0 Å². The zero-order valence-electron chi connectivity index (χ0n) is 9.44. The molecule has 0 aromatic rings. The largest absolute Gasteiger partial charge is 0.393 e. The highest BCUT2D eigenvalue weighted by molar-refractivity contribution is 5.75. The molecule has 0 aromatic carbocycles. The van der Waals surface area contributed by atoms with Gasteiger partial charge in [0.15, 0.2) is 0 Å². The fourth-order valence-corrected chi connectivity index (χ4v) is 2.02. The van der Waals surface area contributed by atoms with Crippen LogP contribution in [0.15, 0.2) is 0 Å². The third-order valence-electron chi connectivity index (χ3n) is 3.16. The fourth-order valence-electron chi connectivity index (χ4n) is 2.02. The van der Waals surface area contributed by atoms with E-state index in [9.17, 15) is 9.90 Å². The lowest BCUT2D eigenvalue weighted by Crippen LogP contribution is -2.47. The summed E-state index contributed by atoms with van der Waals surface area (Å²) < 4.78 is 0. The number of nitrogens with one attached hydrogen (secondary N) is 1. The van der Waals surface area contributed by atoms with Gasteiger partial charge >= 0.3 is 0 Å². The van der Waals surface area contributed by atoms with E-state index in [1.807, 2.05) is 13.8 Å². The molecule has 1 heterocycles. The Morgan fingerprint density at radius 3 is 2.93 bits per heavy atom. The number of amides is 1. The molecule has 0 aromatic heterocycles. The van der Waals surface area contributed by atoms with E-state index in [0.29, 0.717) is 6.42 Å². The van der Waals surface area contributed by atoms with Crippen molar-refractivity contribution >= 4 is 5.91 Å². The van der Waals surface area contributed by atoms with Crippen LogP contribution in [0.5, 0.6) is 0 Å². The summed E-state index contributed by atoms with van der Waals surface area (Å²) in [5, 5.41) is 9.58. The van der Waals surface area contributed by atoms with E-state index < -0.39 is 0 Å². The molecule has 3 unspecified atom stereocenters. The Hall–Kier alpha value is -0.650. The van der Waals surface area contributed by atoms with Crippen molar-refractivity contribution < 1.29 is 9.90 Å². The lowest BCUT2D eigenvalue weighted by Gasteiger charge is -2.37. The minimum absolute atomic E-state index is 0.138. The number of aliphatic hydroxyl groups excluding tert-OH is 1. The van der Waals surface area contributed by atoms with Gasteiger partial charge in [0.05, 0.1) is 6.10 Å². The number of hydrogen-bond acceptors (Lipinski definition) is 4. The predicted molar refractivity (Wildman–Crippen MR) is 57.8 cm³/mol. The molecular formula is C10H21N3O2. The first-order valence-electron chi connectivity index (χ1n) is 5.46. The monoisotopic (exact) mass is 215 g/mol. The van der Waals surface area contributed by atoms with Gasteiger partial charge in [0.1, 0.15) is 0 Å². The van der Waals surface area contributed by atoms with Crippen LogP contribution in [0.1, 0.15) is 26.7 Å². The van der Waals surface area contributed by atoms with Crippen LogP contribution in [0.3, 0.4) is 0 Å². The van der Waals surface area contributed by atoms with Gasteiger partial charge in [0, 0.05) is 25.6 Å². The number of aliphatic hydroxyl groups is 1. The second kappa shape index (κ2) is 5.44. The molecule has 1 rings (SSSR count). The van der Waals surface area contributed by atoms with Gasteiger partial charge in [-0.3, -0.25) is 15.1 Å². The number of carbonyl (C=O) groups excluding carboxylic acids is 1. The predicted octanol–water partition coefficient (Wildman–Crippen LogP) is -0.542. The number of nitrogens with two attached hydrogens (primary N) is 1. The van der Waals surface area contributed by atoms with E-state index in [-0.39, 0.29) is 24.0 Å². The first kappa shape index (κ1) is 12.4. The van der Waals surface area contributed by atoms with Crippen LogP contribution in [0, 0.1) is 5.92 Å². The van der Waals surface area contributed by atoms with Crippen molar-refractivity contribution in [3.05, 3.63) is 0 Å². The molecule has 1 aliphatic rings. The van der Waals surface area contributed by atoms with Crippen molar-refractivity contribution in [2.75, 3.05) is 13.1 Å². The standard InChI is InChI=1S/C10H21N3O2/c1-7-6-13(4-3-9(7)14)8(2)5-10(15)12-11/h7-9,14H,3-6,11H2,1-2H3,(H,12,15). The van der Waals surface area contributed by atoms with Gasteiger partial charge in [0.25, 0.3) is 0 Å². The topological polar surface area (TPSA) is 78.6 Å². The Kier molecular flexibility index (Phi) is 4.50. The quantitative estimate of drug-likeness (QED) is 0.335. The summed E-state index contributed by atoms with van der Waals surface area (Å²) >= 11 is 0. The zero-order valence-corrected chi connectivity index (χ0v) is 9.44. The number of nitrogens with zero attached hydrogens (tertiary/aromatic N) is 1. The van der Waals surface area contributed by atoms with Crippen LogP contribution in [-0.4, -0.2) is 41.1 Å². The van der Waals surface area contributed by atoms with Crippen molar-refractivity contribution in [2.24, 2.45) is 11.8 Å². The third kappa shape index (κ3) is 3.44. The molecule has 0 spiro atoms. The summed E-state index contributed by atoms with van der Waals surface area (Å²) in [5.74, 6) is 5.18. The molecule has 1 amide bonds. The lowest BCUT2D eigenvalue weighted by atomic mass is 9.95. The summed E-state index contributed by atoms with van der Waals surface area (Å²) in [6, 6.07) is 0.184. The third-order valence-corrected chi connectivity index (χ3v) is 3.16. The minimum Gasteiger partial charge on any atom is -0.393 e. The van der Waals surface area contributed by atoms with Crippen molar-refractivity contribution in [3.63, 3.8) is 0 Å². The lowest BCUT2D eigenvalue weighted by molar-refractivity contribution is -0.122. The molecule has 5 heteroatoms. The molecule has 3 atom stereocenters. The Morgan fingerprint density at radius 1 is 1.73 bits per heavy atom. The summed E-state index contributed by atoms with van der Waals surface area (Å²) in [5.41, 5.74) is 2.14. The molecule has 0 bridgehead atoms. The van der Waals surface area contributed by atoms with Crippen molar-refractivity contribution in [1.82, 2.24) is 10.3 Å². The highest BCUT2D eigenvalue weighted by atomic mass is 16.3. The highest BCUT2D eigenvalue weighted by Crippen LogP contribution is 2.19. The van der Waals surface area contributed by atoms with E-state index in [4.69, 9.17) is 5.84 Å². The normalized spacial score (nSPS) is 29.9. The van der Waals surface area contributed by atoms with Crippen LogP contribution in [-0.2, 0) is 4.79 Å². The average molecular weight is 215 g/mol. The molecule has 1 aliphatic heterocycles. The molecule has 88 valence electrons. The van der Waals surface area contributed by atoms with Crippen LogP contribution >= 0.6 is 0 Å². The van der Waals surface area contributed by atoms with E-state index in [2.05, 4.69) is 10.3 Å². The van der Waals surface area contributed by atoms with E-state index in [1.165, 1.54) is 0 Å². The highest BCUT2D eigenvalue weighted by Gasteiger charge is 2.27. The number of rotatable bonds is 3. The maximum atomic E-state index is 11.1. The molecule has 15 heavy (non-hydrogen) atoms. The molecule has 0 saturated carbocycles. The Labute approximate surface area is 90.6 Å². The van der Waals surface area contributed by atoms with Gasteiger partial charge in [-0.25, -0.2) is 5.84 Å². The van der Waals surface area contributed by atoms with Crippen LogP contribution in [0.2, 0.25) is 0 Å². The smallest absolute Gasteiger partial charge is 0.235 e. The second-order valence-corrected chi connectivity index (χ2v) is 4.45. The molecule has 1 saturated heterocycles. The fraction of sp³-hybridized carbons (Fsp3) is 0.900. The summed E-state index contributed by atoms with van der Waals surface area (Å²) in [7, 11) is 0. The molecule has 0 aliphatic carbocycles. The number of likely N-dealkylation sites (tertiary alicyclic amines) is 1.